The molecule has 0 fully saturated rings. The minimum absolute atomic E-state index is 0.108. The van der Waals surface area contributed by atoms with Gasteiger partial charge < -0.3 is 19.6 Å². The number of benzene rings is 1. The summed E-state index contributed by atoms with van der Waals surface area (Å²) in [5.41, 5.74) is 2.11. The first kappa shape index (κ1) is 22.9. The molecule has 9 heteroatoms. The summed E-state index contributed by atoms with van der Waals surface area (Å²) in [6, 6.07) is 3.64. The van der Waals surface area contributed by atoms with Crippen molar-refractivity contribution in [1.82, 2.24) is 14.9 Å². The molecule has 2 N–H and O–H groups in total. The molecule has 0 bridgehead atoms. The normalized spacial score (nSPS) is 11.8. The lowest BCUT2D eigenvalue weighted by atomic mass is 10.1. The molecule has 0 saturated heterocycles. The van der Waals surface area contributed by atoms with Crippen molar-refractivity contribution in [1.29, 1.82) is 0 Å². The molecule has 1 aromatic carbocycles. The molecule has 0 saturated carbocycles. The van der Waals surface area contributed by atoms with Crippen LogP contribution in [0.3, 0.4) is 0 Å². The Morgan fingerprint density at radius 1 is 1.16 bits per heavy atom. The summed E-state index contributed by atoms with van der Waals surface area (Å²) in [5, 5.41) is 5.30. The fraction of sp³-hybridized carbons (Fsp3) is 0.304. The largest absolute Gasteiger partial charge is 0.444 e. The van der Waals surface area contributed by atoms with E-state index in [-0.39, 0.29) is 23.0 Å². The molecule has 0 radical (unpaired) electrons. The zero-order chi connectivity index (χ0) is 23.7. The van der Waals surface area contributed by atoms with Gasteiger partial charge in [-0.1, -0.05) is 0 Å². The monoisotopic (exact) mass is 440 g/mol. The van der Waals surface area contributed by atoms with Gasteiger partial charge in [0, 0.05) is 18.4 Å². The molecular weight excluding hydrogens is 415 g/mol. The number of Topliss-reactive ketones (excluding diaryl/α,β-unsaturated/α-hetero) is 1. The third-order valence-corrected chi connectivity index (χ3v) is 5.35. The van der Waals surface area contributed by atoms with Gasteiger partial charge in [-0.15, -0.1) is 0 Å². The molecule has 2 heterocycles. The lowest BCUT2D eigenvalue weighted by Crippen LogP contribution is -2.34. The smallest absolute Gasteiger partial charge is 0.294 e. The van der Waals surface area contributed by atoms with Crippen LogP contribution in [0.25, 0.3) is 0 Å². The number of amides is 2. The van der Waals surface area contributed by atoms with Crippen LogP contribution in [-0.2, 0) is 11.8 Å². The van der Waals surface area contributed by atoms with Gasteiger partial charge in [-0.2, -0.15) is 0 Å². The Morgan fingerprint density at radius 2 is 1.84 bits per heavy atom. The Hall–Kier alpha value is -3.75. The summed E-state index contributed by atoms with van der Waals surface area (Å²) in [4.78, 5) is 42.5. The van der Waals surface area contributed by atoms with E-state index >= 15 is 0 Å². The number of nitrogens with zero attached hydrogens (tertiary/aromatic N) is 2. The number of rotatable bonds is 6. The average molecular weight is 440 g/mol. The van der Waals surface area contributed by atoms with E-state index in [1.165, 1.54) is 29.0 Å². The molecule has 8 nitrogen and oxygen atoms in total. The fourth-order valence-electron chi connectivity index (χ4n) is 3.55. The minimum Gasteiger partial charge on any atom is -0.444 e. The third kappa shape index (κ3) is 4.32. The van der Waals surface area contributed by atoms with Gasteiger partial charge in [-0.05, 0) is 63.9 Å². The molecular formula is C23H25FN4O4. The highest BCUT2D eigenvalue weighted by Gasteiger charge is 2.29. The second-order valence-corrected chi connectivity index (χ2v) is 7.74. The maximum Gasteiger partial charge on any atom is 0.294 e. The molecule has 3 rings (SSSR count). The third-order valence-electron chi connectivity index (χ3n) is 5.35. The van der Waals surface area contributed by atoms with Crippen LogP contribution >= 0.6 is 0 Å². The predicted molar refractivity (Wildman–Crippen MR) is 116 cm³/mol. The van der Waals surface area contributed by atoms with Gasteiger partial charge in [0.05, 0.1) is 17.5 Å². The summed E-state index contributed by atoms with van der Waals surface area (Å²) < 4.78 is 20.4. The summed E-state index contributed by atoms with van der Waals surface area (Å²) in [6.07, 6.45) is 1.53. The van der Waals surface area contributed by atoms with Gasteiger partial charge in [0.15, 0.2) is 0 Å². The number of halogens is 1. The molecule has 2 aromatic heterocycles. The lowest BCUT2D eigenvalue weighted by Gasteiger charge is -2.11. The second-order valence-electron chi connectivity index (χ2n) is 7.74. The molecule has 32 heavy (non-hydrogen) atoms. The van der Waals surface area contributed by atoms with E-state index in [0.717, 1.165) is 0 Å². The Bertz CT molecular complexity index is 1230. The van der Waals surface area contributed by atoms with Crippen LogP contribution in [0.2, 0.25) is 0 Å². The summed E-state index contributed by atoms with van der Waals surface area (Å²) in [6.45, 7) is 8.28. The highest BCUT2D eigenvalue weighted by atomic mass is 19.1. The Kier molecular flexibility index (Phi) is 6.29. The number of nitrogens with one attached hydrogen (secondary N) is 2. The van der Waals surface area contributed by atoms with Crippen LogP contribution in [0.4, 0.5) is 10.1 Å². The van der Waals surface area contributed by atoms with E-state index in [0.29, 0.717) is 28.3 Å². The molecule has 0 aliphatic rings. The second kappa shape index (κ2) is 8.78. The van der Waals surface area contributed by atoms with Crippen molar-refractivity contribution < 1.29 is 23.2 Å². The van der Waals surface area contributed by atoms with Crippen LogP contribution in [0.15, 0.2) is 28.8 Å². The molecule has 0 aliphatic heterocycles. The van der Waals surface area contributed by atoms with Gasteiger partial charge in [-0.3, -0.25) is 14.4 Å². The number of ketones is 1. The van der Waals surface area contributed by atoms with Crippen LogP contribution < -0.4 is 10.6 Å². The van der Waals surface area contributed by atoms with Crippen molar-refractivity contribution in [2.24, 2.45) is 7.05 Å². The van der Waals surface area contributed by atoms with Gasteiger partial charge in [0.1, 0.15) is 17.6 Å². The average Bonchev–Trinajstić information content (AvgIpc) is 3.25. The summed E-state index contributed by atoms with van der Waals surface area (Å²) in [5.74, 6) is -1.56. The Labute approximate surface area is 184 Å². The SMILES string of the molecule is Cc1cnc(C(C)NC(=O)C(=O)c2c(C)c(C(=O)Nc3ccc(F)c(C)c3)c(C)n2C)o1. The first-order chi connectivity index (χ1) is 15.0. The van der Waals surface area contributed by atoms with E-state index in [9.17, 15) is 18.8 Å². The van der Waals surface area contributed by atoms with E-state index in [2.05, 4.69) is 15.6 Å². The molecule has 0 aliphatic carbocycles. The number of aromatic nitrogens is 2. The maximum absolute atomic E-state index is 13.5. The van der Waals surface area contributed by atoms with Crippen LogP contribution in [-0.4, -0.2) is 27.1 Å². The molecule has 1 atom stereocenters. The predicted octanol–water partition coefficient (Wildman–Crippen LogP) is 3.70. The number of oxazole rings is 1. The fourth-order valence-corrected chi connectivity index (χ4v) is 3.55. The lowest BCUT2D eigenvalue weighted by molar-refractivity contribution is -0.117. The number of carbonyl (C=O) groups excluding carboxylic acids is 3. The first-order valence-corrected chi connectivity index (χ1v) is 10.0. The van der Waals surface area contributed by atoms with Crippen molar-refractivity contribution in [2.75, 3.05) is 5.32 Å². The van der Waals surface area contributed by atoms with Gasteiger partial charge in [-0.25, -0.2) is 9.37 Å². The van der Waals surface area contributed by atoms with E-state index in [4.69, 9.17) is 4.42 Å². The quantitative estimate of drug-likeness (QED) is 0.449. The highest BCUT2D eigenvalue weighted by Crippen LogP contribution is 2.24. The Morgan fingerprint density at radius 3 is 2.44 bits per heavy atom. The zero-order valence-corrected chi connectivity index (χ0v) is 18.8. The van der Waals surface area contributed by atoms with Crippen LogP contribution in [0.1, 0.15) is 62.3 Å². The zero-order valence-electron chi connectivity index (χ0n) is 18.8. The van der Waals surface area contributed by atoms with Crippen molar-refractivity contribution >= 4 is 23.3 Å². The van der Waals surface area contributed by atoms with Crippen LogP contribution in [0.5, 0.6) is 0 Å². The molecule has 168 valence electrons. The number of hydrogen-bond acceptors (Lipinski definition) is 5. The van der Waals surface area contributed by atoms with Crippen LogP contribution in [0, 0.1) is 33.5 Å². The van der Waals surface area contributed by atoms with Gasteiger partial charge in [0.25, 0.3) is 17.6 Å². The number of anilines is 1. The van der Waals surface area contributed by atoms with Crippen molar-refractivity contribution in [3.05, 3.63) is 69.9 Å². The van der Waals surface area contributed by atoms with Gasteiger partial charge in [0.2, 0.25) is 5.89 Å². The minimum atomic E-state index is -0.835. The van der Waals surface area contributed by atoms with E-state index in [1.54, 1.807) is 41.7 Å². The Balaban J connectivity index is 1.84. The molecule has 3 aromatic rings. The molecule has 2 amide bonds. The topological polar surface area (TPSA) is 106 Å². The highest BCUT2D eigenvalue weighted by molar-refractivity contribution is 6.43. The standard InChI is InChI=1S/C23H25FN4O4/c1-11-9-16(7-8-17(11)24)27-21(30)18-13(3)19(28(6)15(18)5)20(29)22(31)26-14(4)23-25-10-12(2)32-23/h7-10,14H,1-6H3,(H,26,31)(H,27,30). The first-order valence-electron chi connectivity index (χ1n) is 10.0. The van der Waals surface area contributed by atoms with Crippen molar-refractivity contribution in [3.63, 3.8) is 0 Å². The van der Waals surface area contributed by atoms with E-state index in [1.807, 2.05) is 0 Å². The number of hydrogen-bond donors (Lipinski definition) is 2. The van der Waals surface area contributed by atoms with Crippen molar-refractivity contribution in [3.8, 4) is 0 Å². The maximum atomic E-state index is 13.5. The molecule has 1 unspecified atom stereocenters. The number of carbonyl (C=O) groups is 3. The van der Waals surface area contributed by atoms with E-state index < -0.39 is 23.6 Å². The summed E-state index contributed by atoms with van der Waals surface area (Å²) in [7, 11) is 1.61. The van der Waals surface area contributed by atoms with Gasteiger partial charge >= 0.3 is 0 Å². The molecule has 0 spiro atoms. The number of aryl methyl sites for hydroxylation is 2. The van der Waals surface area contributed by atoms with Crippen molar-refractivity contribution in [2.45, 2.75) is 40.7 Å². The summed E-state index contributed by atoms with van der Waals surface area (Å²) >= 11 is 0.